The lowest BCUT2D eigenvalue weighted by Crippen LogP contribution is -2.01. The summed E-state index contributed by atoms with van der Waals surface area (Å²) in [5.74, 6) is -0.514. The van der Waals surface area contributed by atoms with Crippen molar-refractivity contribution >= 4 is 5.97 Å². The molecule has 2 rings (SSSR count). The van der Waals surface area contributed by atoms with Gasteiger partial charge < -0.3 is 10.2 Å². The van der Waals surface area contributed by atoms with E-state index in [0.717, 1.165) is 16.7 Å². The third kappa shape index (κ3) is 2.52. The van der Waals surface area contributed by atoms with E-state index in [2.05, 4.69) is 0 Å². The molecular weight excluding hydrogens is 252 g/mol. The lowest BCUT2D eigenvalue weighted by atomic mass is 9.91. The molecule has 3 nitrogen and oxygen atoms in total. The maximum Gasteiger partial charge on any atom is 0.336 e. The highest BCUT2D eigenvalue weighted by atomic mass is 16.4. The molecular formula is C17H18O3. The minimum absolute atomic E-state index is 0.173. The average Bonchev–Trinajstić information content (AvgIpc) is 2.38. The predicted octanol–water partition coefficient (Wildman–Crippen LogP) is 4.19. The first-order chi connectivity index (χ1) is 9.41. The van der Waals surface area contributed by atoms with Gasteiger partial charge >= 0.3 is 5.97 Å². The molecule has 0 fully saturated rings. The molecule has 0 saturated heterocycles. The largest absolute Gasteiger partial charge is 0.508 e. The van der Waals surface area contributed by atoms with Gasteiger partial charge in [-0.2, -0.15) is 0 Å². The fourth-order valence-corrected chi connectivity index (χ4v) is 2.37. The number of aromatic carboxylic acids is 1. The van der Waals surface area contributed by atoms with E-state index in [9.17, 15) is 15.0 Å². The van der Waals surface area contributed by atoms with Crippen LogP contribution < -0.4 is 0 Å². The van der Waals surface area contributed by atoms with Crippen molar-refractivity contribution in [2.24, 2.45) is 0 Å². The summed E-state index contributed by atoms with van der Waals surface area (Å²) in [6.45, 7) is 5.87. The Bertz CT molecular complexity index is 657. The van der Waals surface area contributed by atoms with Crippen molar-refractivity contribution in [3.05, 3.63) is 53.1 Å². The van der Waals surface area contributed by atoms with E-state index < -0.39 is 5.97 Å². The fraction of sp³-hybridized carbons (Fsp3) is 0.235. The summed E-state index contributed by atoms with van der Waals surface area (Å²) in [4.78, 5) is 11.3. The Balaban J connectivity index is 2.70. The zero-order valence-corrected chi connectivity index (χ0v) is 11.8. The number of hydrogen-bond donors (Lipinski definition) is 2. The summed E-state index contributed by atoms with van der Waals surface area (Å²) in [7, 11) is 0. The van der Waals surface area contributed by atoms with Crippen LogP contribution in [0, 0.1) is 6.92 Å². The number of phenolic OH excluding ortho intramolecular Hbond substituents is 1. The first kappa shape index (κ1) is 14.1. The summed E-state index contributed by atoms with van der Waals surface area (Å²) in [5, 5.41) is 19.3. The second-order valence-corrected chi connectivity index (χ2v) is 5.23. The number of rotatable bonds is 3. The highest BCUT2D eigenvalue weighted by molar-refractivity contribution is 5.96. The van der Waals surface area contributed by atoms with Crippen molar-refractivity contribution in [3.63, 3.8) is 0 Å². The van der Waals surface area contributed by atoms with E-state index in [-0.39, 0.29) is 17.2 Å². The molecule has 0 aliphatic rings. The van der Waals surface area contributed by atoms with Crippen LogP contribution in [-0.4, -0.2) is 16.2 Å². The minimum atomic E-state index is -0.945. The van der Waals surface area contributed by atoms with Gasteiger partial charge in [0.1, 0.15) is 5.75 Å². The van der Waals surface area contributed by atoms with E-state index in [1.807, 2.05) is 32.9 Å². The van der Waals surface area contributed by atoms with Crippen molar-refractivity contribution in [1.82, 2.24) is 0 Å². The van der Waals surface area contributed by atoms with Crippen LogP contribution in [0.4, 0.5) is 0 Å². The predicted molar refractivity (Wildman–Crippen MR) is 79.3 cm³/mol. The quantitative estimate of drug-likeness (QED) is 0.879. The molecule has 104 valence electrons. The van der Waals surface area contributed by atoms with Crippen LogP contribution in [0.25, 0.3) is 11.1 Å². The normalized spacial score (nSPS) is 10.8. The zero-order chi connectivity index (χ0) is 14.9. The SMILES string of the molecule is Cc1cc(O)c(C(C)C)cc1-c1ccccc1C(=O)O. The maximum atomic E-state index is 11.3. The van der Waals surface area contributed by atoms with Crippen LogP contribution in [0.2, 0.25) is 0 Å². The minimum Gasteiger partial charge on any atom is -0.508 e. The number of benzene rings is 2. The second-order valence-electron chi connectivity index (χ2n) is 5.23. The van der Waals surface area contributed by atoms with Crippen LogP contribution >= 0.6 is 0 Å². The lowest BCUT2D eigenvalue weighted by molar-refractivity contribution is 0.0697. The topological polar surface area (TPSA) is 57.5 Å². The van der Waals surface area contributed by atoms with Gasteiger partial charge in [0.15, 0.2) is 0 Å². The van der Waals surface area contributed by atoms with Crippen LogP contribution in [-0.2, 0) is 0 Å². The van der Waals surface area contributed by atoms with Gasteiger partial charge in [0.25, 0.3) is 0 Å². The van der Waals surface area contributed by atoms with Gasteiger partial charge in [-0.1, -0.05) is 32.0 Å². The Labute approximate surface area is 118 Å². The third-order valence-corrected chi connectivity index (χ3v) is 3.44. The fourth-order valence-electron chi connectivity index (χ4n) is 2.37. The second kappa shape index (κ2) is 5.37. The van der Waals surface area contributed by atoms with Crippen molar-refractivity contribution in [2.45, 2.75) is 26.7 Å². The number of carboxylic acid groups (broad SMARTS) is 1. The van der Waals surface area contributed by atoms with E-state index in [1.165, 1.54) is 0 Å². The molecule has 0 amide bonds. The molecule has 0 radical (unpaired) electrons. The van der Waals surface area contributed by atoms with Gasteiger partial charge in [-0.25, -0.2) is 4.79 Å². The van der Waals surface area contributed by atoms with Crippen LogP contribution in [0.5, 0.6) is 5.75 Å². The Morgan fingerprint density at radius 2 is 1.75 bits per heavy atom. The molecule has 0 bridgehead atoms. The van der Waals surface area contributed by atoms with Gasteiger partial charge in [-0.05, 0) is 53.3 Å². The molecule has 0 spiro atoms. The molecule has 0 aliphatic carbocycles. The molecule has 0 aliphatic heterocycles. The smallest absolute Gasteiger partial charge is 0.336 e. The van der Waals surface area contributed by atoms with Gasteiger partial charge in [-0.3, -0.25) is 0 Å². The summed E-state index contributed by atoms with van der Waals surface area (Å²) in [5.41, 5.74) is 3.49. The molecule has 3 heteroatoms. The van der Waals surface area contributed by atoms with E-state index in [0.29, 0.717) is 5.56 Å². The highest BCUT2D eigenvalue weighted by Gasteiger charge is 2.16. The van der Waals surface area contributed by atoms with Gasteiger partial charge in [0.2, 0.25) is 0 Å². The first-order valence-electron chi connectivity index (χ1n) is 6.58. The summed E-state index contributed by atoms with van der Waals surface area (Å²) < 4.78 is 0. The standard InChI is InChI=1S/C17H18O3/c1-10(2)14-9-15(11(3)8-16(14)18)12-6-4-5-7-13(12)17(19)20/h4-10,18H,1-3H3,(H,19,20). The number of aromatic hydroxyl groups is 1. The van der Waals surface area contributed by atoms with Gasteiger partial charge in [0.05, 0.1) is 5.56 Å². The average molecular weight is 270 g/mol. The van der Waals surface area contributed by atoms with Crippen LogP contribution in [0.1, 0.15) is 41.3 Å². The van der Waals surface area contributed by atoms with E-state index >= 15 is 0 Å². The molecule has 0 atom stereocenters. The van der Waals surface area contributed by atoms with E-state index in [4.69, 9.17) is 0 Å². The highest BCUT2D eigenvalue weighted by Crippen LogP contribution is 2.35. The Morgan fingerprint density at radius 3 is 2.35 bits per heavy atom. The molecule has 20 heavy (non-hydrogen) atoms. The van der Waals surface area contributed by atoms with Crippen LogP contribution in [0.15, 0.2) is 36.4 Å². The summed E-state index contributed by atoms with van der Waals surface area (Å²) in [6, 6.07) is 10.5. The Kier molecular flexibility index (Phi) is 3.79. The molecule has 0 unspecified atom stereocenters. The monoisotopic (exact) mass is 270 g/mol. The Morgan fingerprint density at radius 1 is 1.10 bits per heavy atom. The van der Waals surface area contributed by atoms with Gasteiger partial charge in [0, 0.05) is 0 Å². The number of hydrogen-bond acceptors (Lipinski definition) is 2. The molecule has 2 aromatic rings. The van der Waals surface area contributed by atoms with Crippen molar-refractivity contribution in [2.75, 3.05) is 0 Å². The molecule has 0 heterocycles. The molecule has 0 aromatic heterocycles. The number of aryl methyl sites for hydroxylation is 1. The maximum absolute atomic E-state index is 11.3. The lowest BCUT2D eigenvalue weighted by Gasteiger charge is -2.15. The number of carbonyl (C=O) groups is 1. The summed E-state index contributed by atoms with van der Waals surface area (Å²) >= 11 is 0. The molecule has 2 N–H and O–H groups in total. The van der Waals surface area contributed by atoms with Crippen molar-refractivity contribution in [3.8, 4) is 16.9 Å². The Hall–Kier alpha value is -2.29. The summed E-state index contributed by atoms with van der Waals surface area (Å²) in [6.07, 6.45) is 0. The molecule has 2 aromatic carbocycles. The number of carboxylic acids is 1. The van der Waals surface area contributed by atoms with Crippen molar-refractivity contribution in [1.29, 1.82) is 0 Å². The third-order valence-electron chi connectivity index (χ3n) is 3.44. The van der Waals surface area contributed by atoms with Crippen LogP contribution in [0.3, 0.4) is 0 Å². The number of phenols is 1. The van der Waals surface area contributed by atoms with E-state index in [1.54, 1.807) is 24.3 Å². The van der Waals surface area contributed by atoms with Gasteiger partial charge in [-0.15, -0.1) is 0 Å². The van der Waals surface area contributed by atoms with Crippen molar-refractivity contribution < 1.29 is 15.0 Å². The molecule has 0 saturated carbocycles. The zero-order valence-electron chi connectivity index (χ0n) is 11.8. The first-order valence-corrected chi connectivity index (χ1v) is 6.58.